The summed E-state index contributed by atoms with van der Waals surface area (Å²) in [5, 5.41) is 5.02. The number of halogens is 1. The number of piperazine rings is 1. The predicted molar refractivity (Wildman–Crippen MR) is 103 cm³/mol. The van der Waals surface area contributed by atoms with Crippen LogP contribution in [-0.4, -0.2) is 60.5 Å². The fourth-order valence-corrected chi connectivity index (χ4v) is 3.31. The summed E-state index contributed by atoms with van der Waals surface area (Å²) in [5.41, 5.74) is 0.733. The third kappa shape index (κ3) is 3.72. The Kier molecular flexibility index (Phi) is 5.56. The van der Waals surface area contributed by atoms with Crippen LogP contribution in [0.15, 0.2) is 30.5 Å². The van der Waals surface area contributed by atoms with Gasteiger partial charge < -0.3 is 14.5 Å². The van der Waals surface area contributed by atoms with Gasteiger partial charge in [-0.1, -0.05) is 11.6 Å². The van der Waals surface area contributed by atoms with Gasteiger partial charge >= 0.3 is 6.03 Å². The number of anilines is 2. The Balaban J connectivity index is 1.70. The van der Waals surface area contributed by atoms with Gasteiger partial charge in [0, 0.05) is 63.1 Å². The van der Waals surface area contributed by atoms with Gasteiger partial charge in [0.2, 0.25) is 0 Å². The summed E-state index contributed by atoms with van der Waals surface area (Å²) in [7, 11) is 3.49. The van der Waals surface area contributed by atoms with Gasteiger partial charge in [0.25, 0.3) is 0 Å². The van der Waals surface area contributed by atoms with E-state index in [4.69, 9.17) is 16.3 Å². The molecule has 0 N–H and O–H groups in total. The summed E-state index contributed by atoms with van der Waals surface area (Å²) in [5.74, 6) is 1.55. The summed E-state index contributed by atoms with van der Waals surface area (Å²) < 4.78 is 7.20. The van der Waals surface area contributed by atoms with E-state index in [9.17, 15) is 4.79 Å². The number of ether oxygens (including phenoxy) is 1. The maximum absolute atomic E-state index is 13.1. The van der Waals surface area contributed by atoms with Gasteiger partial charge in [0.05, 0.1) is 12.8 Å². The van der Waals surface area contributed by atoms with Crippen LogP contribution in [-0.2, 0) is 7.05 Å². The van der Waals surface area contributed by atoms with Gasteiger partial charge in [-0.2, -0.15) is 5.10 Å². The number of nitrogens with zero attached hydrogens (tertiary/aromatic N) is 5. The Morgan fingerprint density at radius 3 is 2.58 bits per heavy atom. The Morgan fingerprint density at radius 2 is 2.00 bits per heavy atom. The molecule has 8 heteroatoms. The summed E-state index contributed by atoms with van der Waals surface area (Å²) in [6.45, 7) is 5.34. The smallest absolute Gasteiger partial charge is 0.324 e. The van der Waals surface area contributed by atoms with Crippen LogP contribution in [0.4, 0.5) is 16.3 Å². The Labute approximate surface area is 158 Å². The number of benzene rings is 1. The first-order chi connectivity index (χ1) is 12.5. The van der Waals surface area contributed by atoms with E-state index in [1.807, 2.05) is 37.2 Å². The van der Waals surface area contributed by atoms with Crippen LogP contribution < -0.4 is 14.5 Å². The number of aromatic nitrogens is 2. The monoisotopic (exact) mass is 377 g/mol. The zero-order valence-corrected chi connectivity index (χ0v) is 16.1. The Hall–Kier alpha value is -2.41. The molecule has 3 rings (SSSR count). The molecule has 0 saturated carbocycles. The van der Waals surface area contributed by atoms with E-state index in [1.165, 1.54) is 0 Å². The minimum Gasteiger partial charge on any atom is -0.495 e. The molecule has 0 aliphatic carbocycles. The Bertz CT molecular complexity index is 771. The van der Waals surface area contributed by atoms with Crippen LogP contribution in [0.2, 0.25) is 5.02 Å². The molecule has 1 saturated heterocycles. The van der Waals surface area contributed by atoms with Crippen LogP contribution in [0.1, 0.15) is 6.92 Å². The highest BCUT2D eigenvalue weighted by atomic mass is 35.5. The first-order valence-corrected chi connectivity index (χ1v) is 9.06. The van der Waals surface area contributed by atoms with Crippen LogP contribution in [0, 0.1) is 0 Å². The second-order valence-corrected chi connectivity index (χ2v) is 6.60. The predicted octanol–water partition coefficient (Wildman–Crippen LogP) is 2.85. The molecule has 1 fully saturated rings. The molecule has 140 valence electrons. The van der Waals surface area contributed by atoms with Crippen molar-refractivity contribution in [3.8, 4) is 5.75 Å². The number of hydrogen-bond acceptors (Lipinski definition) is 4. The molecular formula is C18H24ClN5O2. The zero-order valence-electron chi connectivity index (χ0n) is 15.4. The third-order valence-corrected chi connectivity index (χ3v) is 4.79. The number of hydrogen-bond donors (Lipinski definition) is 0. The number of carbonyl (C=O) groups is 1. The lowest BCUT2D eigenvalue weighted by Crippen LogP contribution is -2.53. The molecule has 1 aromatic heterocycles. The summed E-state index contributed by atoms with van der Waals surface area (Å²) in [6, 6.07) is 7.30. The topological polar surface area (TPSA) is 53.8 Å². The molecule has 2 heterocycles. The summed E-state index contributed by atoms with van der Waals surface area (Å²) >= 11 is 6.04. The third-order valence-electron chi connectivity index (χ3n) is 4.55. The van der Waals surface area contributed by atoms with Crippen LogP contribution in [0.5, 0.6) is 5.75 Å². The van der Waals surface area contributed by atoms with E-state index >= 15 is 0 Å². The van der Waals surface area contributed by atoms with E-state index in [0.717, 1.165) is 24.6 Å². The van der Waals surface area contributed by atoms with Crippen molar-refractivity contribution >= 4 is 29.1 Å². The standard InChI is InChI=1S/C18H24ClN5O2/c1-4-24(15-6-5-14(19)13-16(15)26-3)18(25)23-11-9-22(10-12-23)17-7-8-21(2)20-17/h5-8,13H,4,9-12H2,1-3H3. The van der Waals surface area contributed by atoms with Crippen molar-refractivity contribution in [2.75, 3.05) is 49.6 Å². The average molecular weight is 378 g/mol. The van der Waals surface area contributed by atoms with Crippen molar-refractivity contribution in [2.45, 2.75) is 6.92 Å². The van der Waals surface area contributed by atoms with Crippen molar-refractivity contribution < 1.29 is 9.53 Å². The van der Waals surface area contributed by atoms with Crippen molar-refractivity contribution in [3.05, 3.63) is 35.5 Å². The van der Waals surface area contributed by atoms with E-state index in [-0.39, 0.29) is 6.03 Å². The molecule has 0 spiro atoms. The van der Waals surface area contributed by atoms with Crippen LogP contribution in [0.25, 0.3) is 0 Å². The lowest BCUT2D eigenvalue weighted by Gasteiger charge is -2.37. The van der Waals surface area contributed by atoms with E-state index in [1.54, 1.807) is 28.8 Å². The van der Waals surface area contributed by atoms with Gasteiger partial charge in [0.15, 0.2) is 5.82 Å². The summed E-state index contributed by atoms with van der Waals surface area (Å²) in [4.78, 5) is 18.9. The highest BCUT2D eigenvalue weighted by molar-refractivity contribution is 6.30. The minimum absolute atomic E-state index is 0.0196. The lowest BCUT2D eigenvalue weighted by molar-refractivity contribution is 0.201. The van der Waals surface area contributed by atoms with Gasteiger partial charge in [-0.15, -0.1) is 0 Å². The largest absolute Gasteiger partial charge is 0.495 e. The molecule has 1 aromatic carbocycles. The maximum atomic E-state index is 13.1. The SMILES string of the molecule is CCN(C(=O)N1CCN(c2ccn(C)n2)CC1)c1ccc(Cl)cc1OC. The van der Waals surface area contributed by atoms with Crippen molar-refractivity contribution in [1.82, 2.24) is 14.7 Å². The molecule has 0 unspecified atom stereocenters. The number of methoxy groups -OCH3 is 1. The number of amides is 2. The highest BCUT2D eigenvalue weighted by Gasteiger charge is 2.27. The van der Waals surface area contributed by atoms with Gasteiger partial charge in [-0.3, -0.25) is 9.58 Å². The molecule has 1 aliphatic heterocycles. The second-order valence-electron chi connectivity index (χ2n) is 6.16. The van der Waals surface area contributed by atoms with E-state index in [0.29, 0.717) is 30.4 Å². The van der Waals surface area contributed by atoms with Crippen LogP contribution >= 0.6 is 11.6 Å². The molecule has 0 atom stereocenters. The fourth-order valence-electron chi connectivity index (χ4n) is 3.15. The number of urea groups is 1. The molecule has 0 bridgehead atoms. The fraction of sp³-hybridized carbons (Fsp3) is 0.444. The van der Waals surface area contributed by atoms with Crippen LogP contribution in [0.3, 0.4) is 0 Å². The van der Waals surface area contributed by atoms with Gasteiger partial charge in [0.1, 0.15) is 5.75 Å². The highest BCUT2D eigenvalue weighted by Crippen LogP contribution is 2.32. The molecule has 2 aromatic rings. The average Bonchev–Trinajstić information content (AvgIpc) is 3.09. The summed E-state index contributed by atoms with van der Waals surface area (Å²) in [6.07, 6.45) is 1.93. The lowest BCUT2D eigenvalue weighted by atomic mass is 10.2. The maximum Gasteiger partial charge on any atom is 0.324 e. The number of aryl methyl sites for hydroxylation is 1. The molecular weight excluding hydrogens is 354 g/mol. The second kappa shape index (κ2) is 7.86. The normalized spacial score (nSPS) is 14.5. The molecule has 7 nitrogen and oxygen atoms in total. The van der Waals surface area contributed by atoms with Crippen molar-refractivity contribution in [1.29, 1.82) is 0 Å². The molecule has 2 amide bonds. The molecule has 1 aliphatic rings. The van der Waals surface area contributed by atoms with E-state index < -0.39 is 0 Å². The van der Waals surface area contributed by atoms with Gasteiger partial charge in [-0.05, 0) is 19.1 Å². The number of carbonyl (C=O) groups excluding carboxylic acids is 1. The minimum atomic E-state index is -0.0196. The van der Waals surface area contributed by atoms with Crippen molar-refractivity contribution in [2.24, 2.45) is 7.05 Å². The quantitative estimate of drug-likeness (QED) is 0.822. The Morgan fingerprint density at radius 1 is 1.27 bits per heavy atom. The van der Waals surface area contributed by atoms with Crippen molar-refractivity contribution in [3.63, 3.8) is 0 Å². The first kappa shape index (κ1) is 18.4. The molecule has 26 heavy (non-hydrogen) atoms. The first-order valence-electron chi connectivity index (χ1n) is 8.68. The van der Waals surface area contributed by atoms with Gasteiger partial charge in [-0.25, -0.2) is 4.79 Å². The zero-order chi connectivity index (χ0) is 18.7. The number of rotatable bonds is 4. The van der Waals surface area contributed by atoms with E-state index in [2.05, 4.69) is 10.00 Å². The molecule has 0 radical (unpaired) electrons.